The number of sulfone groups is 1. The Bertz CT molecular complexity index is 1290. The van der Waals surface area contributed by atoms with E-state index in [-0.39, 0.29) is 17.0 Å². The molecule has 18 heteroatoms. The van der Waals surface area contributed by atoms with Crippen molar-refractivity contribution in [2.45, 2.75) is 61.6 Å². The highest BCUT2D eigenvalue weighted by Gasteiger charge is 2.53. The van der Waals surface area contributed by atoms with Gasteiger partial charge < -0.3 is 39.9 Å². The Labute approximate surface area is 216 Å². The summed E-state index contributed by atoms with van der Waals surface area (Å²) in [4.78, 5) is 27.9. The topological polar surface area (TPSA) is 226 Å². The third kappa shape index (κ3) is 5.93. The number of hydrogen-bond donors (Lipinski definition) is 6. The molecule has 0 radical (unpaired) electrons. The van der Waals surface area contributed by atoms with Gasteiger partial charge in [0.15, 0.2) is 21.7 Å². The van der Waals surface area contributed by atoms with E-state index in [1.807, 2.05) is 0 Å². The van der Waals surface area contributed by atoms with Gasteiger partial charge >= 0.3 is 7.60 Å². The van der Waals surface area contributed by atoms with Crippen LogP contribution in [0.1, 0.15) is 31.9 Å². The van der Waals surface area contributed by atoms with E-state index in [1.165, 1.54) is 10.9 Å². The minimum Gasteiger partial charge on any atom is -0.393 e. The molecule has 0 aromatic carbocycles. The van der Waals surface area contributed by atoms with E-state index in [9.17, 15) is 38.1 Å². The van der Waals surface area contributed by atoms with Crippen LogP contribution in [-0.2, 0) is 23.9 Å². The Morgan fingerprint density at radius 3 is 2.54 bits per heavy atom. The van der Waals surface area contributed by atoms with Gasteiger partial charge in [0.25, 0.3) is 0 Å². The summed E-state index contributed by atoms with van der Waals surface area (Å²) in [5.74, 6) is -0.734. The van der Waals surface area contributed by atoms with Gasteiger partial charge in [0, 0.05) is 12.3 Å². The summed E-state index contributed by atoms with van der Waals surface area (Å²) in [6.07, 6.45) is 0.420. The van der Waals surface area contributed by atoms with E-state index in [0.717, 1.165) is 31.9 Å². The second-order valence-corrected chi connectivity index (χ2v) is 13.8. The predicted molar refractivity (Wildman–Crippen MR) is 130 cm³/mol. The van der Waals surface area contributed by atoms with Crippen LogP contribution in [0, 0.1) is 0 Å². The fourth-order valence-corrected chi connectivity index (χ4v) is 7.53. The Kier molecular flexibility index (Phi) is 8.18. The lowest BCUT2D eigenvalue weighted by atomic mass is 10.1. The van der Waals surface area contributed by atoms with Crippen LogP contribution in [0.2, 0.25) is 5.28 Å². The highest BCUT2D eigenvalue weighted by molar-refractivity contribution is 7.91. The third-order valence-corrected chi connectivity index (χ3v) is 9.35. The number of anilines is 1. The Balaban J connectivity index is 1.57. The number of nitrogens with zero attached hydrogens (tertiary/aromatic N) is 4. The van der Waals surface area contributed by atoms with Crippen molar-refractivity contribution in [2.24, 2.45) is 0 Å². The molecule has 208 valence electrons. The van der Waals surface area contributed by atoms with Crippen LogP contribution < -0.4 is 5.32 Å². The molecule has 37 heavy (non-hydrogen) atoms. The van der Waals surface area contributed by atoms with Gasteiger partial charge in [-0.1, -0.05) is 12.8 Å². The van der Waals surface area contributed by atoms with Crippen molar-refractivity contribution in [3.8, 4) is 0 Å². The van der Waals surface area contributed by atoms with Crippen LogP contribution in [0.25, 0.3) is 11.0 Å². The molecule has 3 heterocycles. The van der Waals surface area contributed by atoms with E-state index in [2.05, 4.69) is 20.4 Å². The number of hydrogen-bond acceptors (Lipinski definition) is 12. The van der Waals surface area contributed by atoms with E-state index >= 15 is 0 Å². The molecule has 0 amide bonds. The highest BCUT2D eigenvalue weighted by atomic mass is 35.5. The maximum Gasteiger partial charge on any atom is 0.360 e. The van der Waals surface area contributed by atoms with Gasteiger partial charge in [-0.3, -0.25) is 4.57 Å². The Morgan fingerprint density at radius 2 is 1.95 bits per heavy atom. The van der Waals surface area contributed by atoms with Crippen LogP contribution in [0.5, 0.6) is 0 Å². The Morgan fingerprint density at radius 1 is 1.27 bits per heavy atom. The second-order valence-electron chi connectivity index (χ2n) is 9.37. The number of aliphatic hydroxyl groups excluding tert-OH is 3. The zero-order valence-corrected chi connectivity index (χ0v) is 22.2. The predicted octanol–water partition coefficient (Wildman–Crippen LogP) is -0.619. The third-order valence-electron chi connectivity index (χ3n) is 6.48. The second kappa shape index (κ2) is 10.6. The van der Waals surface area contributed by atoms with Gasteiger partial charge in [0.2, 0.25) is 10.6 Å². The first kappa shape index (κ1) is 28.5. The number of aromatic nitrogens is 4. The number of rotatable bonds is 10. The molecule has 1 saturated carbocycles. The monoisotopic (exact) mass is 585 g/mol. The summed E-state index contributed by atoms with van der Waals surface area (Å²) >= 11 is 6.13. The van der Waals surface area contributed by atoms with Crippen molar-refractivity contribution in [3.63, 3.8) is 0 Å². The summed E-state index contributed by atoms with van der Waals surface area (Å²) in [5, 5.41) is 36.1. The number of fused-ring (bicyclic) bond motifs is 1. The van der Waals surface area contributed by atoms with Crippen molar-refractivity contribution in [2.75, 3.05) is 30.5 Å². The van der Waals surface area contributed by atoms with Gasteiger partial charge in [0.1, 0.15) is 24.1 Å². The first-order chi connectivity index (χ1) is 17.2. The van der Waals surface area contributed by atoms with Crippen LogP contribution in [-0.4, -0.2) is 108 Å². The summed E-state index contributed by atoms with van der Waals surface area (Å²) < 4.78 is 47.7. The molecule has 1 aliphatic carbocycles. The molecular weight excluding hydrogens is 557 g/mol. The summed E-state index contributed by atoms with van der Waals surface area (Å²) in [6.45, 7) is -2.09. The van der Waals surface area contributed by atoms with Crippen LogP contribution in [0.15, 0.2) is 6.20 Å². The smallest absolute Gasteiger partial charge is 0.360 e. The normalized spacial score (nSPS) is 27.1. The molecule has 6 N–H and O–H groups in total. The van der Waals surface area contributed by atoms with Crippen molar-refractivity contribution in [3.05, 3.63) is 11.5 Å². The number of nitrogens with one attached hydrogen (secondary N) is 1. The first-order valence-electron chi connectivity index (χ1n) is 11.4. The highest BCUT2D eigenvalue weighted by Crippen LogP contribution is 2.52. The first-order valence-corrected chi connectivity index (χ1v) is 15.5. The van der Waals surface area contributed by atoms with Gasteiger partial charge in [-0.15, -0.1) is 0 Å². The average molecular weight is 586 g/mol. The zero-order valence-electron chi connectivity index (χ0n) is 19.7. The van der Waals surface area contributed by atoms with Crippen molar-refractivity contribution >= 4 is 45.9 Å². The maximum atomic E-state index is 12.0. The zero-order chi connectivity index (χ0) is 27.2. The molecule has 1 aliphatic heterocycles. The Hall–Kier alpha value is -1.46. The molecule has 2 aromatic heterocycles. The molecule has 15 nitrogen and oxygen atoms in total. The van der Waals surface area contributed by atoms with Crippen LogP contribution in [0.3, 0.4) is 0 Å². The van der Waals surface area contributed by atoms with E-state index in [4.69, 9.17) is 21.1 Å². The SMILES string of the molecule is CS(=O)(=O)CC(CO)(OC[C@H]1O[C@@H](n2ncc3c(NC4CCCC4)nc(Cl)nc32)[C@H](O)[C@@H]1O)P(=O)(O)O. The van der Waals surface area contributed by atoms with E-state index < -0.39 is 66.3 Å². The molecular formula is C19H29ClN5O10PS. The lowest BCUT2D eigenvalue weighted by Gasteiger charge is -2.32. The summed E-state index contributed by atoms with van der Waals surface area (Å²) in [6, 6.07) is 0.210. The van der Waals surface area contributed by atoms with Gasteiger partial charge in [-0.2, -0.15) is 15.1 Å². The van der Waals surface area contributed by atoms with E-state index in [1.54, 1.807) is 0 Å². The van der Waals surface area contributed by atoms with E-state index in [0.29, 0.717) is 11.2 Å². The number of aliphatic hydroxyl groups is 3. The van der Waals surface area contributed by atoms with Gasteiger partial charge in [-0.05, 0) is 24.4 Å². The number of ether oxygens (including phenoxy) is 2. The van der Waals surface area contributed by atoms with Gasteiger partial charge in [0.05, 0.1) is 30.5 Å². The van der Waals surface area contributed by atoms with Gasteiger partial charge in [-0.25, -0.2) is 13.1 Å². The number of halogens is 1. The molecule has 5 atom stereocenters. The molecule has 4 rings (SSSR count). The fourth-order valence-electron chi connectivity index (χ4n) is 4.57. The molecule has 0 spiro atoms. The summed E-state index contributed by atoms with van der Waals surface area (Å²) in [7, 11) is -9.33. The molecule has 0 bridgehead atoms. The molecule has 2 aliphatic rings. The van der Waals surface area contributed by atoms with Crippen LogP contribution >= 0.6 is 19.2 Å². The summed E-state index contributed by atoms with van der Waals surface area (Å²) in [5.41, 5.74) is 0.204. The van der Waals surface area contributed by atoms with Crippen molar-refractivity contribution < 1.29 is 47.6 Å². The standard InChI is InChI=1S/C19H29ClN5O10PS/c1-37(32,33)9-19(8-26,36(29,30)31)34-7-12-13(27)14(28)17(35-12)25-16-11(6-21-25)15(23-18(20)24-16)22-10-4-2-3-5-10/h6,10,12-14,17,26-28H,2-5,7-9H2,1H3,(H,22,23,24)(H2,29,30,31)/t12-,13-,14-,17-,19?/m1/s1. The minimum absolute atomic E-state index is 0.0854. The van der Waals surface area contributed by atoms with Crippen molar-refractivity contribution in [1.82, 2.24) is 19.7 Å². The quantitative estimate of drug-likeness (QED) is 0.151. The molecule has 2 fully saturated rings. The molecule has 2 aromatic rings. The van der Waals surface area contributed by atoms with Crippen molar-refractivity contribution in [1.29, 1.82) is 0 Å². The van der Waals surface area contributed by atoms with Crippen LogP contribution in [0.4, 0.5) is 5.82 Å². The largest absolute Gasteiger partial charge is 0.393 e. The minimum atomic E-state index is -5.32. The fraction of sp³-hybridized carbons (Fsp3) is 0.737. The average Bonchev–Trinajstić information content (AvgIpc) is 3.51. The molecule has 1 saturated heterocycles. The molecule has 1 unspecified atom stereocenters. The maximum absolute atomic E-state index is 12.0. The lowest BCUT2D eigenvalue weighted by Crippen LogP contribution is -2.46. The lowest BCUT2D eigenvalue weighted by molar-refractivity contribution is -0.103.